The number of rotatable bonds is 1. The van der Waals surface area contributed by atoms with Crippen molar-refractivity contribution in [1.82, 2.24) is 10.2 Å². The summed E-state index contributed by atoms with van der Waals surface area (Å²) in [5.74, 6) is 2.57. The van der Waals surface area contributed by atoms with Gasteiger partial charge in [-0.3, -0.25) is 0 Å². The van der Waals surface area contributed by atoms with Crippen molar-refractivity contribution in [3.63, 3.8) is 0 Å². The SMILES string of the molecule is CCC1C=C2C(N3CCNCC3)=Nc3ccc(Cl)cc3CCC2CCC1. The van der Waals surface area contributed by atoms with Crippen LogP contribution < -0.4 is 5.32 Å². The predicted octanol–water partition coefficient (Wildman–Crippen LogP) is 4.97. The lowest BCUT2D eigenvalue weighted by Gasteiger charge is -2.35. The Bertz CT molecular complexity index is 703. The van der Waals surface area contributed by atoms with Gasteiger partial charge in [0.15, 0.2) is 0 Å². The quantitative estimate of drug-likeness (QED) is 0.754. The monoisotopic (exact) mass is 371 g/mol. The number of allylic oxidation sites excluding steroid dienone is 1. The Morgan fingerprint density at radius 3 is 2.85 bits per heavy atom. The van der Waals surface area contributed by atoms with Crippen molar-refractivity contribution < 1.29 is 0 Å². The van der Waals surface area contributed by atoms with E-state index in [0.717, 1.165) is 43.3 Å². The normalized spacial score (nSPS) is 26.6. The van der Waals surface area contributed by atoms with Gasteiger partial charge in [0.05, 0.1) is 5.69 Å². The highest BCUT2D eigenvalue weighted by molar-refractivity contribution is 6.30. The predicted molar refractivity (Wildman–Crippen MR) is 111 cm³/mol. The summed E-state index contributed by atoms with van der Waals surface area (Å²) in [7, 11) is 0. The Morgan fingerprint density at radius 1 is 1.19 bits per heavy atom. The fourth-order valence-electron chi connectivity index (χ4n) is 4.64. The summed E-state index contributed by atoms with van der Waals surface area (Å²) >= 11 is 6.28. The van der Waals surface area contributed by atoms with E-state index in [1.54, 1.807) is 0 Å². The third-order valence-electron chi connectivity index (χ3n) is 6.21. The van der Waals surface area contributed by atoms with Crippen LogP contribution in [0, 0.1) is 11.8 Å². The topological polar surface area (TPSA) is 27.6 Å². The summed E-state index contributed by atoms with van der Waals surface area (Å²) in [6.07, 6.45) is 10.1. The number of piperazine rings is 1. The van der Waals surface area contributed by atoms with E-state index in [0.29, 0.717) is 11.8 Å². The number of fused-ring (bicyclic) bond motifs is 2. The minimum absolute atomic E-state index is 0.632. The molecule has 2 unspecified atom stereocenters. The lowest BCUT2D eigenvalue weighted by molar-refractivity contribution is 0.352. The highest BCUT2D eigenvalue weighted by Crippen LogP contribution is 2.37. The lowest BCUT2D eigenvalue weighted by Crippen LogP contribution is -2.47. The second kappa shape index (κ2) is 8.14. The molecule has 0 bridgehead atoms. The smallest absolute Gasteiger partial charge is 0.132 e. The van der Waals surface area contributed by atoms with Crippen LogP contribution in [0.25, 0.3) is 0 Å². The van der Waals surface area contributed by atoms with Gasteiger partial charge in [0.25, 0.3) is 0 Å². The van der Waals surface area contributed by atoms with Crippen LogP contribution in [0.5, 0.6) is 0 Å². The molecule has 2 aliphatic heterocycles. The first-order valence-corrected chi connectivity index (χ1v) is 10.7. The van der Waals surface area contributed by atoms with E-state index >= 15 is 0 Å². The number of halogens is 1. The fourth-order valence-corrected chi connectivity index (χ4v) is 4.83. The van der Waals surface area contributed by atoms with Crippen LogP contribution in [0.3, 0.4) is 0 Å². The number of nitrogens with zero attached hydrogens (tertiary/aromatic N) is 2. The minimum atomic E-state index is 0.632. The maximum Gasteiger partial charge on any atom is 0.132 e. The fraction of sp³-hybridized carbons (Fsp3) is 0.591. The highest BCUT2D eigenvalue weighted by atomic mass is 35.5. The first-order valence-electron chi connectivity index (χ1n) is 10.3. The van der Waals surface area contributed by atoms with Crippen LogP contribution in [0.1, 0.15) is 44.6 Å². The van der Waals surface area contributed by atoms with E-state index in [1.807, 2.05) is 6.07 Å². The Hall–Kier alpha value is -1.32. The summed E-state index contributed by atoms with van der Waals surface area (Å²) in [4.78, 5) is 7.76. The number of nitrogens with one attached hydrogen (secondary N) is 1. The molecule has 0 spiro atoms. The molecule has 3 aliphatic rings. The number of aliphatic imine (C=N–C) groups is 1. The summed E-state index contributed by atoms with van der Waals surface area (Å²) in [5.41, 5.74) is 3.94. The second-order valence-electron chi connectivity index (χ2n) is 7.90. The number of hydrogen-bond donors (Lipinski definition) is 1. The third-order valence-corrected chi connectivity index (χ3v) is 6.45. The Balaban J connectivity index is 1.81. The van der Waals surface area contributed by atoms with Crippen LogP contribution in [0.2, 0.25) is 5.02 Å². The molecule has 1 aromatic carbocycles. The largest absolute Gasteiger partial charge is 0.354 e. The molecule has 1 N–H and O–H groups in total. The van der Waals surface area contributed by atoms with Crippen molar-refractivity contribution in [2.45, 2.75) is 45.4 Å². The minimum Gasteiger partial charge on any atom is -0.354 e. The van der Waals surface area contributed by atoms with Gasteiger partial charge in [0.2, 0.25) is 0 Å². The van der Waals surface area contributed by atoms with E-state index in [1.165, 1.54) is 49.1 Å². The molecular formula is C22H30ClN3. The van der Waals surface area contributed by atoms with Gasteiger partial charge in [-0.05, 0) is 73.3 Å². The van der Waals surface area contributed by atoms with Crippen molar-refractivity contribution >= 4 is 23.1 Å². The van der Waals surface area contributed by atoms with Crippen LogP contribution in [-0.2, 0) is 6.42 Å². The van der Waals surface area contributed by atoms with Crippen molar-refractivity contribution in [2.75, 3.05) is 26.2 Å². The second-order valence-corrected chi connectivity index (χ2v) is 8.34. The molecule has 4 heteroatoms. The zero-order valence-electron chi connectivity index (χ0n) is 15.8. The summed E-state index contributed by atoms with van der Waals surface area (Å²) in [6.45, 7) is 6.50. The zero-order chi connectivity index (χ0) is 17.9. The van der Waals surface area contributed by atoms with E-state index in [9.17, 15) is 0 Å². The molecule has 2 heterocycles. The molecule has 140 valence electrons. The van der Waals surface area contributed by atoms with Gasteiger partial charge in [0.1, 0.15) is 5.84 Å². The lowest BCUT2D eigenvalue weighted by atomic mass is 9.86. The average molecular weight is 372 g/mol. The van der Waals surface area contributed by atoms with Gasteiger partial charge in [-0.15, -0.1) is 0 Å². The molecule has 1 aromatic rings. The summed E-state index contributed by atoms with van der Waals surface area (Å²) < 4.78 is 0. The molecule has 2 atom stereocenters. The van der Waals surface area contributed by atoms with Crippen molar-refractivity contribution in [3.8, 4) is 0 Å². The van der Waals surface area contributed by atoms with Gasteiger partial charge in [-0.1, -0.05) is 31.0 Å². The molecule has 3 nitrogen and oxygen atoms in total. The molecule has 0 radical (unpaired) electrons. The first kappa shape index (κ1) is 18.1. The number of benzene rings is 1. The van der Waals surface area contributed by atoms with Crippen LogP contribution in [0.15, 0.2) is 34.8 Å². The average Bonchev–Trinajstić information content (AvgIpc) is 2.86. The highest BCUT2D eigenvalue weighted by Gasteiger charge is 2.29. The van der Waals surface area contributed by atoms with Crippen LogP contribution >= 0.6 is 11.6 Å². The van der Waals surface area contributed by atoms with Crippen molar-refractivity contribution in [2.24, 2.45) is 16.8 Å². The van der Waals surface area contributed by atoms with Gasteiger partial charge in [-0.2, -0.15) is 0 Å². The molecule has 4 rings (SSSR count). The molecule has 0 aromatic heterocycles. The summed E-state index contributed by atoms with van der Waals surface area (Å²) in [6, 6.07) is 6.21. The van der Waals surface area contributed by atoms with Gasteiger partial charge >= 0.3 is 0 Å². The molecular weight excluding hydrogens is 342 g/mol. The van der Waals surface area contributed by atoms with Crippen molar-refractivity contribution in [3.05, 3.63) is 40.4 Å². The van der Waals surface area contributed by atoms with E-state index in [4.69, 9.17) is 16.6 Å². The number of aryl methyl sites for hydroxylation is 1. The number of hydrogen-bond acceptors (Lipinski definition) is 3. The Morgan fingerprint density at radius 2 is 2.04 bits per heavy atom. The van der Waals surface area contributed by atoms with Crippen LogP contribution in [0.4, 0.5) is 5.69 Å². The van der Waals surface area contributed by atoms with Crippen molar-refractivity contribution in [1.29, 1.82) is 0 Å². The maximum atomic E-state index is 6.28. The zero-order valence-corrected chi connectivity index (χ0v) is 16.6. The van der Waals surface area contributed by atoms with Gasteiger partial charge < -0.3 is 10.2 Å². The molecule has 0 amide bonds. The first-order chi connectivity index (χ1) is 12.7. The number of amidine groups is 1. The van der Waals surface area contributed by atoms with E-state index in [2.05, 4.69) is 35.3 Å². The maximum absolute atomic E-state index is 6.28. The molecule has 26 heavy (non-hydrogen) atoms. The van der Waals surface area contributed by atoms with Gasteiger partial charge in [-0.25, -0.2) is 4.99 Å². The van der Waals surface area contributed by atoms with E-state index in [-0.39, 0.29) is 0 Å². The molecule has 1 fully saturated rings. The Kier molecular flexibility index (Phi) is 5.66. The molecule has 1 saturated heterocycles. The third kappa shape index (κ3) is 3.84. The standard InChI is InChI=1S/C22H30ClN3/c1-2-16-4-3-5-17-6-7-18-15-19(23)8-9-21(18)25-22(20(17)14-16)26-12-10-24-11-13-26/h8-9,14-17,24H,2-7,10-13H2,1H3. The molecule has 1 aliphatic carbocycles. The summed E-state index contributed by atoms with van der Waals surface area (Å²) in [5, 5.41) is 4.30. The van der Waals surface area contributed by atoms with E-state index < -0.39 is 0 Å². The van der Waals surface area contributed by atoms with Gasteiger partial charge in [0, 0.05) is 31.2 Å². The Labute approximate surface area is 162 Å². The van der Waals surface area contributed by atoms with Crippen LogP contribution in [-0.4, -0.2) is 36.9 Å². The molecule has 0 saturated carbocycles.